The Kier molecular flexibility index (Phi) is 3.74. The minimum absolute atomic E-state index is 0.0545. The lowest BCUT2D eigenvalue weighted by molar-refractivity contribution is -0.348. The standard InChI is InChI=1S/C12H9F7N2O/c1-2-22-9-20-7-4-3-6(5-8(7)21-9)10(13,11(14,15)16)12(17,18)19/h3-5H,2H2,1H3,(H,20,21). The van der Waals surface area contributed by atoms with E-state index in [2.05, 4.69) is 9.97 Å². The minimum atomic E-state index is -6.15. The quantitative estimate of drug-likeness (QED) is 0.855. The number of benzene rings is 1. The fraction of sp³-hybridized carbons (Fsp3) is 0.417. The molecule has 0 aliphatic heterocycles. The lowest BCUT2D eigenvalue weighted by Crippen LogP contribution is -2.50. The van der Waals surface area contributed by atoms with Gasteiger partial charge in [-0.25, -0.2) is 4.39 Å². The first-order valence-corrected chi connectivity index (χ1v) is 5.96. The summed E-state index contributed by atoms with van der Waals surface area (Å²) >= 11 is 0. The van der Waals surface area contributed by atoms with Crippen LogP contribution in [0, 0.1) is 0 Å². The number of nitrogens with zero attached hydrogens (tertiary/aromatic N) is 1. The number of aromatic amines is 1. The highest BCUT2D eigenvalue weighted by atomic mass is 19.4. The van der Waals surface area contributed by atoms with Gasteiger partial charge in [0.05, 0.1) is 17.6 Å². The molecule has 0 unspecified atom stereocenters. The van der Waals surface area contributed by atoms with Crippen molar-refractivity contribution in [3.05, 3.63) is 23.8 Å². The van der Waals surface area contributed by atoms with Crippen molar-refractivity contribution in [2.45, 2.75) is 24.9 Å². The Labute approximate surface area is 119 Å². The molecule has 1 N–H and O–H groups in total. The number of nitrogens with one attached hydrogen (secondary N) is 1. The zero-order chi connectivity index (χ0) is 16.8. The minimum Gasteiger partial charge on any atom is -0.465 e. The van der Waals surface area contributed by atoms with E-state index < -0.39 is 23.6 Å². The number of rotatable bonds is 3. The maximum absolute atomic E-state index is 13.9. The zero-order valence-electron chi connectivity index (χ0n) is 10.9. The Morgan fingerprint density at radius 1 is 1.05 bits per heavy atom. The van der Waals surface area contributed by atoms with Gasteiger partial charge >= 0.3 is 18.0 Å². The van der Waals surface area contributed by atoms with E-state index in [4.69, 9.17) is 4.74 Å². The van der Waals surface area contributed by atoms with Gasteiger partial charge in [0.15, 0.2) is 0 Å². The summed E-state index contributed by atoms with van der Waals surface area (Å²) in [4.78, 5) is 6.16. The van der Waals surface area contributed by atoms with Crippen molar-refractivity contribution in [1.29, 1.82) is 0 Å². The third-order valence-corrected chi connectivity index (χ3v) is 2.92. The molecule has 1 aromatic heterocycles. The summed E-state index contributed by atoms with van der Waals surface area (Å²) in [6.45, 7) is 1.79. The SMILES string of the molecule is CCOc1nc2ccc(C(F)(C(F)(F)F)C(F)(F)F)cc2[nH]1. The Morgan fingerprint density at radius 3 is 2.14 bits per heavy atom. The van der Waals surface area contributed by atoms with Crippen LogP contribution >= 0.6 is 0 Å². The maximum atomic E-state index is 13.9. The second-order valence-electron chi connectivity index (χ2n) is 4.36. The van der Waals surface area contributed by atoms with Crippen LogP contribution < -0.4 is 4.74 Å². The third-order valence-electron chi connectivity index (χ3n) is 2.92. The number of alkyl halides is 7. The molecule has 0 bridgehead atoms. The number of imidazole rings is 1. The van der Waals surface area contributed by atoms with Gasteiger partial charge in [-0.05, 0) is 19.1 Å². The monoisotopic (exact) mass is 330 g/mol. The van der Waals surface area contributed by atoms with Crippen LogP contribution in [-0.2, 0) is 5.67 Å². The normalized spacial score (nSPS) is 13.6. The molecule has 10 heteroatoms. The van der Waals surface area contributed by atoms with Gasteiger partial charge in [-0.2, -0.15) is 31.3 Å². The summed E-state index contributed by atoms with van der Waals surface area (Å²) in [5.41, 5.74) is -7.19. The fourth-order valence-corrected chi connectivity index (χ4v) is 1.89. The van der Waals surface area contributed by atoms with E-state index in [1.807, 2.05) is 0 Å². The first-order chi connectivity index (χ1) is 10.0. The van der Waals surface area contributed by atoms with Gasteiger partial charge in [-0.3, -0.25) is 0 Å². The van der Waals surface area contributed by atoms with Crippen molar-refractivity contribution in [2.75, 3.05) is 6.61 Å². The molecule has 0 atom stereocenters. The van der Waals surface area contributed by atoms with Gasteiger partial charge in [0.25, 0.3) is 6.01 Å². The molecule has 122 valence electrons. The number of ether oxygens (including phenoxy) is 1. The van der Waals surface area contributed by atoms with E-state index >= 15 is 0 Å². The van der Waals surface area contributed by atoms with Crippen LogP contribution in [0.3, 0.4) is 0 Å². The lowest BCUT2D eigenvalue weighted by atomic mass is 9.94. The topological polar surface area (TPSA) is 37.9 Å². The molecule has 3 nitrogen and oxygen atoms in total. The van der Waals surface area contributed by atoms with Crippen LogP contribution in [0.1, 0.15) is 12.5 Å². The largest absolute Gasteiger partial charge is 0.465 e. The predicted molar refractivity (Wildman–Crippen MR) is 62.2 cm³/mol. The summed E-state index contributed by atoms with van der Waals surface area (Å²) in [6.07, 6.45) is -12.3. The van der Waals surface area contributed by atoms with Gasteiger partial charge in [0.1, 0.15) is 0 Å². The molecular weight excluding hydrogens is 321 g/mol. The van der Waals surface area contributed by atoms with E-state index in [9.17, 15) is 30.7 Å². The Hall–Kier alpha value is -2.00. The zero-order valence-corrected chi connectivity index (χ0v) is 10.9. The highest BCUT2D eigenvalue weighted by Gasteiger charge is 2.73. The van der Waals surface area contributed by atoms with Gasteiger partial charge < -0.3 is 9.72 Å². The smallest absolute Gasteiger partial charge is 0.435 e. The van der Waals surface area contributed by atoms with Gasteiger partial charge in [-0.15, -0.1) is 0 Å². The lowest BCUT2D eigenvalue weighted by Gasteiger charge is -2.30. The van der Waals surface area contributed by atoms with Crippen molar-refractivity contribution in [2.24, 2.45) is 0 Å². The molecule has 22 heavy (non-hydrogen) atoms. The first kappa shape index (κ1) is 16.4. The van der Waals surface area contributed by atoms with E-state index in [1.54, 1.807) is 6.92 Å². The third kappa shape index (κ3) is 2.46. The fourth-order valence-electron chi connectivity index (χ4n) is 1.89. The van der Waals surface area contributed by atoms with Gasteiger partial charge in [0.2, 0.25) is 0 Å². The predicted octanol–water partition coefficient (Wildman–Crippen LogP) is 4.25. The van der Waals surface area contributed by atoms with Crippen LogP contribution in [0.4, 0.5) is 30.7 Å². The summed E-state index contributed by atoms with van der Waals surface area (Å²) in [5, 5.41) is 0. The second-order valence-corrected chi connectivity index (χ2v) is 4.36. The Morgan fingerprint density at radius 2 is 1.64 bits per heavy atom. The van der Waals surface area contributed by atoms with Crippen molar-refractivity contribution < 1.29 is 35.5 Å². The summed E-state index contributed by atoms with van der Waals surface area (Å²) < 4.78 is 94.9. The number of H-pyrrole nitrogens is 1. The molecule has 2 rings (SSSR count). The Bertz CT molecular complexity index is 660. The van der Waals surface area contributed by atoms with Crippen molar-refractivity contribution in [3.63, 3.8) is 0 Å². The number of fused-ring (bicyclic) bond motifs is 1. The number of hydrogen-bond acceptors (Lipinski definition) is 2. The molecule has 1 aromatic carbocycles. The number of aromatic nitrogens is 2. The molecule has 0 fully saturated rings. The molecule has 0 radical (unpaired) electrons. The van der Waals surface area contributed by atoms with Gasteiger partial charge in [0, 0.05) is 5.56 Å². The van der Waals surface area contributed by atoms with E-state index in [0.29, 0.717) is 12.1 Å². The molecular formula is C12H9F7N2O. The molecule has 0 aliphatic rings. The average molecular weight is 330 g/mol. The van der Waals surface area contributed by atoms with E-state index in [1.165, 1.54) is 0 Å². The van der Waals surface area contributed by atoms with Crippen LogP contribution in [0.15, 0.2) is 18.2 Å². The molecule has 0 amide bonds. The van der Waals surface area contributed by atoms with Crippen LogP contribution in [0.2, 0.25) is 0 Å². The second kappa shape index (κ2) is 5.03. The Balaban J connectivity index is 2.60. The highest BCUT2D eigenvalue weighted by molar-refractivity contribution is 5.77. The van der Waals surface area contributed by atoms with E-state index in [0.717, 1.165) is 6.07 Å². The summed E-state index contributed by atoms with van der Waals surface area (Å²) in [5.74, 6) is 0. The number of halogens is 7. The van der Waals surface area contributed by atoms with Crippen molar-refractivity contribution in [1.82, 2.24) is 9.97 Å². The molecule has 2 aromatic rings. The highest BCUT2D eigenvalue weighted by Crippen LogP contribution is 2.53. The molecule has 0 aliphatic carbocycles. The molecule has 0 saturated heterocycles. The average Bonchev–Trinajstić information content (AvgIpc) is 2.76. The summed E-state index contributed by atoms with van der Waals surface area (Å²) in [6, 6.07) is 1.60. The first-order valence-electron chi connectivity index (χ1n) is 5.96. The van der Waals surface area contributed by atoms with Crippen LogP contribution in [-0.4, -0.2) is 28.9 Å². The van der Waals surface area contributed by atoms with Crippen LogP contribution in [0.5, 0.6) is 6.01 Å². The molecule has 1 heterocycles. The van der Waals surface area contributed by atoms with Crippen molar-refractivity contribution in [3.8, 4) is 6.01 Å². The van der Waals surface area contributed by atoms with Crippen LogP contribution in [0.25, 0.3) is 11.0 Å². The van der Waals surface area contributed by atoms with Gasteiger partial charge in [-0.1, -0.05) is 6.07 Å². The van der Waals surface area contributed by atoms with Crippen molar-refractivity contribution >= 4 is 11.0 Å². The number of hydrogen-bond donors (Lipinski definition) is 1. The molecule has 0 saturated carbocycles. The maximum Gasteiger partial charge on any atom is 0.435 e. The van der Waals surface area contributed by atoms with E-state index in [-0.39, 0.29) is 23.7 Å². The summed E-state index contributed by atoms with van der Waals surface area (Å²) in [7, 11) is 0. The molecule has 0 spiro atoms.